The summed E-state index contributed by atoms with van der Waals surface area (Å²) >= 11 is 0. The van der Waals surface area contributed by atoms with Gasteiger partial charge in [0.15, 0.2) is 0 Å². The summed E-state index contributed by atoms with van der Waals surface area (Å²) in [5.74, 6) is 0.0222. The number of ether oxygens (including phenoxy) is 1. The number of anilines is 1. The first kappa shape index (κ1) is 22.3. The molecule has 1 saturated heterocycles. The smallest absolute Gasteiger partial charge is 0.325 e. The number of hydrogen-bond acceptors (Lipinski definition) is 4. The van der Waals surface area contributed by atoms with Crippen LogP contribution in [0.15, 0.2) is 36.4 Å². The van der Waals surface area contributed by atoms with E-state index in [1.165, 1.54) is 0 Å². The largest absolute Gasteiger partial charge is 0.496 e. The molecule has 0 bridgehead atoms. The van der Waals surface area contributed by atoms with Gasteiger partial charge in [0.05, 0.1) is 7.11 Å². The molecule has 31 heavy (non-hydrogen) atoms. The molecule has 7 nitrogen and oxygen atoms in total. The van der Waals surface area contributed by atoms with Crippen LogP contribution in [0, 0.1) is 13.8 Å². The predicted molar refractivity (Wildman–Crippen MR) is 119 cm³/mol. The monoisotopic (exact) mass is 423 g/mol. The highest BCUT2D eigenvalue weighted by Gasteiger charge is 2.49. The molecule has 1 heterocycles. The molecule has 1 fully saturated rings. The minimum Gasteiger partial charge on any atom is -0.496 e. The van der Waals surface area contributed by atoms with Crippen molar-refractivity contribution < 1.29 is 19.1 Å². The van der Waals surface area contributed by atoms with Crippen molar-refractivity contribution in [3.05, 3.63) is 58.7 Å². The zero-order valence-corrected chi connectivity index (χ0v) is 18.8. The van der Waals surface area contributed by atoms with Crippen LogP contribution in [0.4, 0.5) is 10.5 Å². The van der Waals surface area contributed by atoms with Crippen LogP contribution in [-0.4, -0.2) is 36.4 Å². The number of imide groups is 1. The van der Waals surface area contributed by atoms with Crippen LogP contribution in [0.25, 0.3) is 0 Å². The Morgan fingerprint density at radius 2 is 1.87 bits per heavy atom. The lowest BCUT2D eigenvalue weighted by atomic mass is 9.90. The molecule has 4 amide bonds. The zero-order valence-electron chi connectivity index (χ0n) is 18.8. The standard InChI is InChI=1S/C24H29N3O4/c1-14(2)18-9-7-8-15(3)21(18)25-20(28)13-27-22(29)24(5,26-23(27)30)17-10-11-19(31-6)16(4)12-17/h7-12,14H,13H2,1-6H3,(H,25,28)(H,26,30). The minimum absolute atomic E-state index is 0.216. The van der Waals surface area contributed by atoms with E-state index in [9.17, 15) is 14.4 Å². The fourth-order valence-corrected chi connectivity index (χ4v) is 3.89. The number of hydrogen-bond donors (Lipinski definition) is 2. The molecular formula is C24H29N3O4. The molecule has 7 heteroatoms. The van der Waals surface area contributed by atoms with Gasteiger partial charge in [-0.25, -0.2) is 4.79 Å². The Morgan fingerprint density at radius 1 is 1.16 bits per heavy atom. The van der Waals surface area contributed by atoms with Gasteiger partial charge in [-0.3, -0.25) is 14.5 Å². The summed E-state index contributed by atoms with van der Waals surface area (Å²) < 4.78 is 5.27. The third-order valence-corrected chi connectivity index (χ3v) is 5.74. The number of carbonyl (C=O) groups excluding carboxylic acids is 3. The van der Waals surface area contributed by atoms with Crippen LogP contribution in [-0.2, 0) is 15.1 Å². The highest BCUT2D eigenvalue weighted by molar-refractivity contribution is 6.10. The van der Waals surface area contributed by atoms with E-state index >= 15 is 0 Å². The van der Waals surface area contributed by atoms with E-state index in [2.05, 4.69) is 10.6 Å². The number of methoxy groups -OCH3 is 1. The molecular weight excluding hydrogens is 394 g/mol. The molecule has 1 aliphatic heterocycles. The Kier molecular flexibility index (Phi) is 6.06. The average molecular weight is 424 g/mol. The Balaban J connectivity index is 1.81. The SMILES string of the molecule is COc1ccc(C2(C)NC(=O)N(CC(=O)Nc3c(C)cccc3C(C)C)C2=O)cc1C. The summed E-state index contributed by atoms with van der Waals surface area (Å²) in [6.45, 7) is 9.16. The summed E-state index contributed by atoms with van der Waals surface area (Å²) in [4.78, 5) is 39.5. The molecule has 0 radical (unpaired) electrons. The van der Waals surface area contributed by atoms with Gasteiger partial charge in [0.25, 0.3) is 5.91 Å². The summed E-state index contributed by atoms with van der Waals surface area (Å²) in [6, 6.07) is 10.5. The van der Waals surface area contributed by atoms with Crippen LogP contribution in [0.3, 0.4) is 0 Å². The molecule has 0 aliphatic carbocycles. The topological polar surface area (TPSA) is 87.7 Å². The number of nitrogens with one attached hydrogen (secondary N) is 2. The molecule has 1 unspecified atom stereocenters. The van der Waals surface area contributed by atoms with Crippen LogP contribution in [0.1, 0.15) is 48.9 Å². The van der Waals surface area contributed by atoms with E-state index in [4.69, 9.17) is 4.74 Å². The Hall–Kier alpha value is -3.35. The number of aryl methyl sites for hydroxylation is 2. The third kappa shape index (κ3) is 4.13. The van der Waals surface area contributed by atoms with Gasteiger partial charge in [-0.2, -0.15) is 0 Å². The molecule has 0 spiro atoms. The summed E-state index contributed by atoms with van der Waals surface area (Å²) in [5, 5.41) is 5.63. The van der Waals surface area contributed by atoms with Gasteiger partial charge in [-0.05, 0) is 61.1 Å². The second kappa shape index (κ2) is 8.41. The third-order valence-electron chi connectivity index (χ3n) is 5.74. The molecule has 2 aromatic rings. The van der Waals surface area contributed by atoms with Crippen molar-refractivity contribution in [2.24, 2.45) is 0 Å². The van der Waals surface area contributed by atoms with Gasteiger partial charge >= 0.3 is 6.03 Å². The van der Waals surface area contributed by atoms with E-state index in [0.717, 1.165) is 27.3 Å². The first-order valence-corrected chi connectivity index (χ1v) is 10.3. The van der Waals surface area contributed by atoms with Crippen molar-refractivity contribution >= 4 is 23.5 Å². The van der Waals surface area contributed by atoms with Crippen LogP contribution < -0.4 is 15.4 Å². The van der Waals surface area contributed by atoms with Crippen molar-refractivity contribution in [2.45, 2.75) is 46.1 Å². The molecule has 2 aromatic carbocycles. The fourth-order valence-electron chi connectivity index (χ4n) is 3.89. The first-order valence-electron chi connectivity index (χ1n) is 10.3. The first-order chi connectivity index (χ1) is 14.6. The summed E-state index contributed by atoms with van der Waals surface area (Å²) in [7, 11) is 1.58. The lowest BCUT2D eigenvalue weighted by molar-refractivity contribution is -0.133. The van der Waals surface area contributed by atoms with Gasteiger partial charge in [0, 0.05) is 5.69 Å². The van der Waals surface area contributed by atoms with Crippen molar-refractivity contribution in [1.82, 2.24) is 10.2 Å². The Labute approximate surface area is 182 Å². The maximum atomic E-state index is 13.2. The highest BCUT2D eigenvalue weighted by Crippen LogP contribution is 2.32. The second-order valence-electron chi connectivity index (χ2n) is 8.37. The molecule has 2 N–H and O–H groups in total. The molecule has 0 saturated carbocycles. The van der Waals surface area contributed by atoms with Gasteiger partial charge in [0.1, 0.15) is 17.8 Å². The van der Waals surface area contributed by atoms with E-state index < -0.39 is 23.4 Å². The molecule has 1 aliphatic rings. The number of rotatable bonds is 6. The van der Waals surface area contributed by atoms with Crippen molar-refractivity contribution in [3.63, 3.8) is 0 Å². The lowest BCUT2D eigenvalue weighted by Crippen LogP contribution is -2.42. The van der Waals surface area contributed by atoms with Crippen LogP contribution in [0.5, 0.6) is 5.75 Å². The van der Waals surface area contributed by atoms with E-state index in [0.29, 0.717) is 11.3 Å². The molecule has 1 atom stereocenters. The number of amides is 4. The second-order valence-corrected chi connectivity index (χ2v) is 8.37. The quantitative estimate of drug-likeness (QED) is 0.691. The normalized spacial score (nSPS) is 18.4. The van der Waals surface area contributed by atoms with E-state index in [1.807, 2.05) is 52.0 Å². The van der Waals surface area contributed by atoms with Gasteiger partial charge in [-0.15, -0.1) is 0 Å². The number of nitrogens with zero attached hydrogens (tertiary/aromatic N) is 1. The Morgan fingerprint density at radius 3 is 2.48 bits per heavy atom. The average Bonchev–Trinajstić information content (AvgIpc) is 2.93. The molecule has 164 valence electrons. The number of carbonyl (C=O) groups is 3. The predicted octanol–water partition coefficient (Wildman–Crippen LogP) is 3.84. The highest BCUT2D eigenvalue weighted by atomic mass is 16.5. The summed E-state index contributed by atoms with van der Waals surface area (Å²) in [5.41, 5.74) is 2.89. The molecule has 0 aromatic heterocycles. The summed E-state index contributed by atoms with van der Waals surface area (Å²) in [6.07, 6.45) is 0. The minimum atomic E-state index is -1.25. The van der Waals surface area contributed by atoms with Gasteiger partial charge in [-0.1, -0.05) is 38.1 Å². The fraction of sp³-hybridized carbons (Fsp3) is 0.375. The van der Waals surface area contributed by atoms with Crippen molar-refractivity contribution in [1.29, 1.82) is 0 Å². The van der Waals surface area contributed by atoms with E-state index in [1.54, 1.807) is 26.2 Å². The van der Waals surface area contributed by atoms with Crippen LogP contribution in [0.2, 0.25) is 0 Å². The zero-order chi connectivity index (χ0) is 22.9. The Bertz CT molecular complexity index is 1050. The number of urea groups is 1. The maximum Gasteiger partial charge on any atom is 0.325 e. The van der Waals surface area contributed by atoms with Crippen molar-refractivity contribution in [3.8, 4) is 5.75 Å². The number of para-hydroxylation sites is 1. The van der Waals surface area contributed by atoms with Gasteiger partial charge < -0.3 is 15.4 Å². The van der Waals surface area contributed by atoms with Gasteiger partial charge in [0.2, 0.25) is 5.91 Å². The molecule has 3 rings (SSSR count). The maximum absolute atomic E-state index is 13.2. The lowest BCUT2D eigenvalue weighted by Gasteiger charge is -2.23. The van der Waals surface area contributed by atoms with E-state index in [-0.39, 0.29) is 12.5 Å². The van der Waals surface area contributed by atoms with Crippen molar-refractivity contribution in [2.75, 3.05) is 19.0 Å². The number of benzene rings is 2. The van der Waals surface area contributed by atoms with Crippen LogP contribution >= 0.6 is 0 Å².